The third-order valence-electron chi connectivity index (χ3n) is 1.86. The summed E-state index contributed by atoms with van der Waals surface area (Å²) in [7, 11) is 1.16. The molecule has 0 spiro atoms. The van der Waals surface area contributed by atoms with Crippen molar-refractivity contribution in [3.05, 3.63) is 16.0 Å². The fourth-order valence-corrected chi connectivity index (χ4v) is 1.53. The highest BCUT2D eigenvalue weighted by molar-refractivity contribution is 6.40. The van der Waals surface area contributed by atoms with E-state index in [0.717, 1.165) is 7.11 Å². The van der Waals surface area contributed by atoms with E-state index in [9.17, 15) is 14.0 Å². The molecule has 0 aliphatic rings. The van der Waals surface area contributed by atoms with Gasteiger partial charge in [0.2, 0.25) is 17.7 Å². The quantitative estimate of drug-likeness (QED) is 0.680. The lowest BCUT2D eigenvalue weighted by molar-refractivity contribution is -0.143. The third-order valence-corrected chi connectivity index (χ3v) is 2.56. The van der Waals surface area contributed by atoms with Crippen LogP contribution in [0.4, 0.5) is 10.1 Å². The molecule has 0 saturated carbocycles. The molecule has 0 fully saturated rings. The molecule has 104 valence electrons. The summed E-state index contributed by atoms with van der Waals surface area (Å²) in [5, 5.41) is 1.57. The van der Waals surface area contributed by atoms with Gasteiger partial charge in [0.05, 0.1) is 12.8 Å². The van der Waals surface area contributed by atoms with Gasteiger partial charge >= 0.3 is 5.97 Å². The number of nitrogens with zero attached hydrogens (tertiary/aromatic N) is 1. The summed E-state index contributed by atoms with van der Waals surface area (Å²) in [4.78, 5) is 25.2. The molecular weight excluding hydrogens is 302 g/mol. The summed E-state index contributed by atoms with van der Waals surface area (Å²) in [5.74, 6) is -2.67. The Morgan fingerprint density at radius 1 is 1.37 bits per heavy atom. The second kappa shape index (κ2) is 6.53. The van der Waals surface area contributed by atoms with Crippen LogP contribution in [-0.4, -0.2) is 30.6 Å². The molecule has 0 aliphatic carbocycles. The van der Waals surface area contributed by atoms with Crippen LogP contribution in [0.15, 0.2) is 0 Å². The van der Waals surface area contributed by atoms with Crippen molar-refractivity contribution in [1.82, 2.24) is 4.98 Å². The molecule has 0 saturated heterocycles. The molecule has 6 nitrogen and oxygen atoms in total. The Labute approximate surface area is 117 Å². The van der Waals surface area contributed by atoms with Crippen LogP contribution in [-0.2, 0) is 14.3 Å². The molecular formula is C10H9Cl2FN2O4. The Bertz CT molecular complexity index is 525. The maximum Gasteiger partial charge on any atom is 0.343 e. The third kappa shape index (κ3) is 3.93. The Morgan fingerprint density at radius 2 is 2.00 bits per heavy atom. The van der Waals surface area contributed by atoms with Crippen molar-refractivity contribution in [3.8, 4) is 5.88 Å². The van der Waals surface area contributed by atoms with Crippen LogP contribution < -0.4 is 10.1 Å². The van der Waals surface area contributed by atoms with Crippen LogP contribution in [0, 0.1) is 5.95 Å². The van der Waals surface area contributed by atoms with Crippen molar-refractivity contribution in [3.63, 3.8) is 0 Å². The van der Waals surface area contributed by atoms with Crippen LogP contribution in [0.5, 0.6) is 5.88 Å². The zero-order chi connectivity index (χ0) is 14.6. The van der Waals surface area contributed by atoms with Gasteiger partial charge in [-0.1, -0.05) is 23.2 Å². The first-order valence-corrected chi connectivity index (χ1v) is 5.64. The monoisotopic (exact) mass is 310 g/mol. The van der Waals surface area contributed by atoms with Gasteiger partial charge in [0.15, 0.2) is 6.61 Å². The molecule has 1 amide bonds. The minimum Gasteiger partial charge on any atom is -0.466 e. The number of anilines is 1. The minimum absolute atomic E-state index is 0.178. The second-order valence-corrected chi connectivity index (χ2v) is 4.01. The van der Waals surface area contributed by atoms with E-state index in [0.29, 0.717) is 0 Å². The summed E-state index contributed by atoms with van der Waals surface area (Å²) in [6.45, 7) is 0.684. The number of methoxy groups -OCH3 is 1. The molecule has 1 heterocycles. The number of amides is 1. The molecule has 0 radical (unpaired) electrons. The minimum atomic E-state index is -1.09. The van der Waals surface area contributed by atoms with E-state index in [1.165, 1.54) is 6.92 Å². The van der Waals surface area contributed by atoms with Crippen molar-refractivity contribution >= 4 is 40.8 Å². The maximum atomic E-state index is 13.4. The summed E-state index contributed by atoms with van der Waals surface area (Å²) in [5.41, 5.74) is -0.178. The van der Waals surface area contributed by atoms with E-state index < -0.39 is 29.5 Å². The fraction of sp³-hybridized carbons (Fsp3) is 0.300. The van der Waals surface area contributed by atoms with Crippen LogP contribution in [0.3, 0.4) is 0 Å². The maximum absolute atomic E-state index is 13.4. The Morgan fingerprint density at radius 3 is 2.53 bits per heavy atom. The zero-order valence-corrected chi connectivity index (χ0v) is 11.4. The number of esters is 1. The predicted octanol–water partition coefficient (Wildman–Crippen LogP) is 2.04. The average Bonchev–Trinajstić information content (AvgIpc) is 2.36. The number of ether oxygens (including phenoxy) is 2. The lowest BCUT2D eigenvalue weighted by Gasteiger charge is -2.12. The summed E-state index contributed by atoms with van der Waals surface area (Å²) < 4.78 is 22.6. The van der Waals surface area contributed by atoms with Gasteiger partial charge in [-0.3, -0.25) is 4.79 Å². The molecule has 9 heteroatoms. The molecule has 1 N–H and O–H groups in total. The highest BCUT2D eigenvalue weighted by Gasteiger charge is 2.20. The number of rotatable bonds is 4. The number of pyridine rings is 1. The lowest BCUT2D eigenvalue weighted by atomic mass is 10.3. The van der Waals surface area contributed by atoms with Gasteiger partial charge < -0.3 is 14.8 Å². The van der Waals surface area contributed by atoms with Crippen LogP contribution in [0.25, 0.3) is 0 Å². The summed E-state index contributed by atoms with van der Waals surface area (Å²) in [6, 6.07) is 0. The van der Waals surface area contributed by atoms with E-state index >= 15 is 0 Å². The van der Waals surface area contributed by atoms with E-state index in [-0.39, 0.29) is 16.6 Å². The molecule has 0 aromatic carbocycles. The molecule has 19 heavy (non-hydrogen) atoms. The number of aromatic nitrogens is 1. The molecule has 0 atom stereocenters. The highest BCUT2D eigenvalue weighted by atomic mass is 35.5. The largest absolute Gasteiger partial charge is 0.466 e. The normalized spacial score (nSPS) is 9.95. The highest BCUT2D eigenvalue weighted by Crippen LogP contribution is 2.37. The summed E-state index contributed by atoms with van der Waals surface area (Å²) in [6.07, 6.45) is 0. The second-order valence-electron chi connectivity index (χ2n) is 3.26. The first kappa shape index (κ1) is 15.5. The molecule has 0 unspecified atom stereocenters. The number of halogens is 3. The molecule has 0 bridgehead atoms. The Balaban J connectivity index is 3.09. The van der Waals surface area contributed by atoms with Crippen molar-refractivity contribution in [2.75, 3.05) is 19.0 Å². The van der Waals surface area contributed by atoms with E-state index in [2.05, 4.69) is 15.0 Å². The Hall–Kier alpha value is -1.60. The van der Waals surface area contributed by atoms with Crippen molar-refractivity contribution in [1.29, 1.82) is 0 Å². The predicted molar refractivity (Wildman–Crippen MR) is 66.0 cm³/mol. The van der Waals surface area contributed by atoms with Crippen LogP contribution in [0.1, 0.15) is 6.92 Å². The van der Waals surface area contributed by atoms with Gasteiger partial charge in [-0.15, -0.1) is 0 Å². The van der Waals surface area contributed by atoms with Crippen molar-refractivity contribution in [2.45, 2.75) is 6.92 Å². The molecule has 0 aliphatic heterocycles. The van der Waals surface area contributed by atoms with Gasteiger partial charge in [-0.2, -0.15) is 9.37 Å². The number of nitrogens with one attached hydrogen (secondary N) is 1. The van der Waals surface area contributed by atoms with Crippen molar-refractivity contribution in [2.24, 2.45) is 0 Å². The zero-order valence-electron chi connectivity index (χ0n) is 9.92. The SMILES string of the molecule is COC(=O)COc1nc(F)c(Cl)c(NC(C)=O)c1Cl. The molecule has 1 aromatic rings. The van der Waals surface area contributed by atoms with Crippen molar-refractivity contribution < 1.29 is 23.5 Å². The number of carbonyl (C=O) groups excluding carboxylic acids is 2. The average molecular weight is 311 g/mol. The summed E-state index contributed by atoms with van der Waals surface area (Å²) >= 11 is 11.5. The first-order valence-electron chi connectivity index (χ1n) is 4.88. The van der Waals surface area contributed by atoms with E-state index in [1.807, 2.05) is 0 Å². The Kier molecular flexibility index (Phi) is 5.31. The van der Waals surface area contributed by atoms with Crippen LogP contribution in [0.2, 0.25) is 10.0 Å². The first-order chi connectivity index (χ1) is 8.86. The number of hydrogen-bond donors (Lipinski definition) is 1. The van der Waals surface area contributed by atoms with Gasteiger partial charge in [0, 0.05) is 6.92 Å². The van der Waals surface area contributed by atoms with Gasteiger partial charge in [-0.05, 0) is 0 Å². The van der Waals surface area contributed by atoms with E-state index in [1.54, 1.807) is 0 Å². The lowest BCUT2D eigenvalue weighted by Crippen LogP contribution is -2.15. The standard InChI is InChI=1S/C10H9Cl2FN2O4/c1-4(16)14-8-6(11)9(13)15-10(7(8)12)19-3-5(17)18-2/h3H2,1-2H3,(H,14,15,16). The van der Waals surface area contributed by atoms with E-state index in [4.69, 9.17) is 27.9 Å². The number of carbonyl (C=O) groups is 2. The van der Waals surface area contributed by atoms with Gasteiger partial charge in [0.25, 0.3) is 0 Å². The molecule has 1 aromatic heterocycles. The topological polar surface area (TPSA) is 77.5 Å². The smallest absolute Gasteiger partial charge is 0.343 e. The fourth-order valence-electron chi connectivity index (χ4n) is 1.06. The van der Waals surface area contributed by atoms with Gasteiger partial charge in [-0.25, -0.2) is 4.79 Å². The van der Waals surface area contributed by atoms with Crippen LogP contribution >= 0.6 is 23.2 Å². The molecule has 1 rings (SSSR count). The number of hydrogen-bond acceptors (Lipinski definition) is 5. The van der Waals surface area contributed by atoms with Gasteiger partial charge in [0.1, 0.15) is 10.0 Å².